The second kappa shape index (κ2) is 5.67. The maximum absolute atomic E-state index is 13.5. The van der Waals surface area contributed by atoms with Gasteiger partial charge < -0.3 is 5.73 Å². The predicted octanol–water partition coefficient (Wildman–Crippen LogP) is 2.14. The van der Waals surface area contributed by atoms with Gasteiger partial charge in [0, 0.05) is 24.8 Å². The maximum Gasteiger partial charge on any atom is 0.243 e. The molecule has 0 saturated heterocycles. The molecule has 0 aliphatic rings. The van der Waals surface area contributed by atoms with Crippen LogP contribution in [0.2, 0.25) is 0 Å². The summed E-state index contributed by atoms with van der Waals surface area (Å²) in [5.74, 6) is -0.600. The van der Waals surface area contributed by atoms with Crippen LogP contribution in [0.15, 0.2) is 17.0 Å². The van der Waals surface area contributed by atoms with Gasteiger partial charge in [0.1, 0.15) is 5.82 Å². The molecule has 0 amide bonds. The van der Waals surface area contributed by atoms with E-state index in [9.17, 15) is 12.8 Å². The van der Waals surface area contributed by atoms with Crippen LogP contribution in [0.3, 0.4) is 0 Å². The first-order chi connectivity index (χ1) is 8.30. The van der Waals surface area contributed by atoms with Crippen LogP contribution in [-0.4, -0.2) is 26.3 Å². The van der Waals surface area contributed by atoms with E-state index in [1.54, 1.807) is 0 Å². The fourth-order valence-corrected chi connectivity index (χ4v) is 3.09. The van der Waals surface area contributed by atoms with Gasteiger partial charge in [-0.15, -0.1) is 0 Å². The zero-order valence-corrected chi connectivity index (χ0v) is 11.7. The second-order valence-electron chi connectivity index (χ2n) is 4.31. The first-order valence-corrected chi connectivity index (χ1v) is 7.26. The summed E-state index contributed by atoms with van der Waals surface area (Å²) in [4.78, 5) is -0.0568. The molecule has 18 heavy (non-hydrogen) atoms. The Balaban J connectivity index is 3.20. The summed E-state index contributed by atoms with van der Waals surface area (Å²) in [7, 11) is -2.18. The van der Waals surface area contributed by atoms with Crippen LogP contribution in [0.1, 0.15) is 25.3 Å². The minimum absolute atomic E-state index is 0.0568. The minimum atomic E-state index is -3.67. The van der Waals surface area contributed by atoms with Crippen molar-refractivity contribution in [1.29, 1.82) is 0 Å². The second-order valence-corrected chi connectivity index (χ2v) is 6.32. The van der Waals surface area contributed by atoms with E-state index in [0.29, 0.717) is 6.54 Å². The maximum atomic E-state index is 13.5. The van der Waals surface area contributed by atoms with Crippen LogP contribution >= 0.6 is 0 Å². The fourth-order valence-electron chi connectivity index (χ4n) is 1.61. The number of unbranched alkanes of at least 4 members (excludes halogenated alkanes) is 1. The SMILES string of the molecule is CCCCN(C)S(=O)(=O)c1cc(N)cc(F)c1C. The van der Waals surface area contributed by atoms with E-state index in [1.165, 1.54) is 24.3 Å². The highest BCUT2D eigenvalue weighted by Crippen LogP contribution is 2.24. The van der Waals surface area contributed by atoms with Crippen molar-refractivity contribution in [2.24, 2.45) is 0 Å². The molecule has 0 unspecified atom stereocenters. The molecule has 1 rings (SSSR count). The van der Waals surface area contributed by atoms with Crippen molar-refractivity contribution in [3.8, 4) is 0 Å². The van der Waals surface area contributed by atoms with Gasteiger partial charge in [-0.05, 0) is 25.5 Å². The van der Waals surface area contributed by atoms with E-state index < -0.39 is 15.8 Å². The molecule has 0 spiro atoms. The number of halogens is 1. The summed E-state index contributed by atoms with van der Waals surface area (Å²) in [6.45, 7) is 3.83. The molecular weight excluding hydrogens is 255 g/mol. The third-order valence-corrected chi connectivity index (χ3v) is 4.82. The molecule has 0 saturated carbocycles. The molecule has 0 aliphatic carbocycles. The lowest BCUT2D eigenvalue weighted by molar-refractivity contribution is 0.458. The number of nitrogens with zero attached hydrogens (tertiary/aromatic N) is 1. The number of anilines is 1. The molecule has 4 nitrogen and oxygen atoms in total. The molecule has 0 bridgehead atoms. The molecule has 0 fully saturated rings. The normalized spacial score (nSPS) is 12.1. The number of nitrogens with two attached hydrogens (primary N) is 1. The molecule has 0 aliphatic heterocycles. The monoisotopic (exact) mass is 274 g/mol. The Bertz CT molecular complexity index is 529. The number of sulfonamides is 1. The highest BCUT2D eigenvalue weighted by molar-refractivity contribution is 7.89. The van der Waals surface area contributed by atoms with Crippen LogP contribution in [-0.2, 0) is 10.0 Å². The molecule has 2 N–H and O–H groups in total. The Labute approximate surface area is 108 Å². The highest BCUT2D eigenvalue weighted by atomic mass is 32.2. The quantitative estimate of drug-likeness (QED) is 0.837. The zero-order chi connectivity index (χ0) is 13.9. The largest absolute Gasteiger partial charge is 0.399 e. The van der Waals surface area contributed by atoms with Gasteiger partial charge in [-0.1, -0.05) is 13.3 Å². The van der Waals surface area contributed by atoms with E-state index in [2.05, 4.69) is 0 Å². The first-order valence-electron chi connectivity index (χ1n) is 5.82. The molecule has 1 aromatic carbocycles. The standard InChI is InChI=1S/C12H19FN2O2S/c1-4-5-6-15(3)18(16,17)12-8-10(14)7-11(13)9(12)2/h7-8H,4-6,14H2,1-3H3. The Hall–Kier alpha value is -1.14. The highest BCUT2D eigenvalue weighted by Gasteiger charge is 2.24. The van der Waals surface area contributed by atoms with Crippen molar-refractivity contribution < 1.29 is 12.8 Å². The lowest BCUT2D eigenvalue weighted by Crippen LogP contribution is -2.28. The molecule has 0 aromatic heterocycles. The Morgan fingerprint density at radius 1 is 1.39 bits per heavy atom. The summed E-state index contributed by atoms with van der Waals surface area (Å²) in [6, 6.07) is 2.43. The van der Waals surface area contributed by atoms with Crippen LogP contribution in [0, 0.1) is 12.7 Å². The van der Waals surface area contributed by atoms with Crippen LogP contribution in [0.4, 0.5) is 10.1 Å². The molecule has 102 valence electrons. The van der Waals surface area contributed by atoms with Gasteiger partial charge in [0.05, 0.1) is 4.90 Å². The van der Waals surface area contributed by atoms with Gasteiger partial charge in [0.15, 0.2) is 0 Å². The average molecular weight is 274 g/mol. The summed E-state index contributed by atoms with van der Waals surface area (Å²) >= 11 is 0. The molecule has 6 heteroatoms. The van der Waals surface area contributed by atoms with Crippen molar-refractivity contribution >= 4 is 15.7 Å². The summed E-state index contributed by atoms with van der Waals surface area (Å²) in [5.41, 5.74) is 5.72. The molecule has 0 atom stereocenters. The number of hydrogen-bond donors (Lipinski definition) is 1. The molecule has 0 radical (unpaired) electrons. The van der Waals surface area contributed by atoms with E-state index in [4.69, 9.17) is 5.73 Å². The van der Waals surface area contributed by atoms with Crippen molar-refractivity contribution in [3.05, 3.63) is 23.5 Å². The first kappa shape index (κ1) is 14.9. The van der Waals surface area contributed by atoms with Crippen LogP contribution in [0.25, 0.3) is 0 Å². The summed E-state index contributed by atoms with van der Waals surface area (Å²) < 4.78 is 39.3. The number of rotatable bonds is 5. The Morgan fingerprint density at radius 2 is 2.00 bits per heavy atom. The van der Waals surface area contributed by atoms with E-state index >= 15 is 0 Å². The number of hydrogen-bond acceptors (Lipinski definition) is 3. The zero-order valence-electron chi connectivity index (χ0n) is 10.9. The fraction of sp³-hybridized carbons (Fsp3) is 0.500. The molecule has 1 aromatic rings. The van der Waals surface area contributed by atoms with Crippen molar-refractivity contribution in [1.82, 2.24) is 4.31 Å². The van der Waals surface area contributed by atoms with Crippen molar-refractivity contribution in [3.63, 3.8) is 0 Å². The van der Waals surface area contributed by atoms with E-state index in [1.807, 2.05) is 6.92 Å². The van der Waals surface area contributed by atoms with Crippen LogP contribution < -0.4 is 5.73 Å². The van der Waals surface area contributed by atoms with Crippen LogP contribution in [0.5, 0.6) is 0 Å². The number of nitrogen functional groups attached to an aromatic ring is 1. The van der Waals surface area contributed by atoms with Gasteiger partial charge in [-0.2, -0.15) is 0 Å². The predicted molar refractivity (Wildman–Crippen MR) is 70.3 cm³/mol. The van der Waals surface area contributed by atoms with Gasteiger partial charge >= 0.3 is 0 Å². The minimum Gasteiger partial charge on any atom is -0.399 e. The Morgan fingerprint density at radius 3 is 2.56 bits per heavy atom. The van der Waals surface area contributed by atoms with Crippen molar-refractivity contribution in [2.45, 2.75) is 31.6 Å². The lowest BCUT2D eigenvalue weighted by atomic mass is 10.2. The third kappa shape index (κ3) is 3.00. The lowest BCUT2D eigenvalue weighted by Gasteiger charge is -2.18. The van der Waals surface area contributed by atoms with Gasteiger partial charge in [0.25, 0.3) is 0 Å². The van der Waals surface area contributed by atoms with Gasteiger partial charge in [-0.3, -0.25) is 0 Å². The van der Waals surface area contributed by atoms with E-state index in [0.717, 1.165) is 18.9 Å². The number of benzene rings is 1. The summed E-state index contributed by atoms with van der Waals surface area (Å²) in [5, 5.41) is 0. The topological polar surface area (TPSA) is 63.4 Å². The smallest absolute Gasteiger partial charge is 0.243 e. The summed E-state index contributed by atoms with van der Waals surface area (Å²) in [6.07, 6.45) is 1.66. The van der Waals surface area contributed by atoms with Gasteiger partial charge in [-0.25, -0.2) is 17.1 Å². The average Bonchev–Trinajstić information content (AvgIpc) is 2.30. The van der Waals surface area contributed by atoms with Crippen molar-refractivity contribution in [2.75, 3.05) is 19.3 Å². The third-order valence-electron chi connectivity index (χ3n) is 2.83. The Kier molecular flexibility index (Phi) is 4.70. The van der Waals surface area contributed by atoms with E-state index in [-0.39, 0.29) is 16.1 Å². The van der Waals surface area contributed by atoms with Gasteiger partial charge in [0.2, 0.25) is 10.0 Å². The molecular formula is C12H19FN2O2S. The molecule has 0 heterocycles.